The minimum atomic E-state index is -4.46. The summed E-state index contributed by atoms with van der Waals surface area (Å²) in [4.78, 5) is 3.64. The second-order valence-electron chi connectivity index (χ2n) is 4.54. The molecule has 1 aliphatic carbocycles. The minimum Gasteiger partial charge on any atom is -0.379 e. The predicted octanol–water partition coefficient (Wildman–Crippen LogP) is 3.34. The van der Waals surface area contributed by atoms with Gasteiger partial charge in [0.1, 0.15) is 5.60 Å². The lowest BCUT2D eigenvalue weighted by molar-refractivity contribution is -0.137. The van der Waals surface area contributed by atoms with Gasteiger partial charge in [-0.1, -0.05) is 24.3 Å². The quantitative estimate of drug-likeness (QED) is 0.871. The number of halogens is 3. The molecule has 0 aliphatic heterocycles. The minimum absolute atomic E-state index is 0.254. The molecule has 0 spiro atoms. The number of rotatable bonds is 1. The number of nitrogens with zero attached hydrogens (tertiary/aromatic N) is 1. The molecule has 0 radical (unpaired) electrons. The average molecular weight is 285 g/mol. The fourth-order valence-corrected chi connectivity index (χ4v) is 3.36. The van der Waals surface area contributed by atoms with Gasteiger partial charge in [0.15, 0.2) is 5.01 Å². The van der Waals surface area contributed by atoms with Crippen molar-refractivity contribution in [2.24, 2.45) is 0 Å². The van der Waals surface area contributed by atoms with Crippen LogP contribution in [0.25, 0.3) is 0 Å². The van der Waals surface area contributed by atoms with Crippen LogP contribution in [0, 0.1) is 0 Å². The van der Waals surface area contributed by atoms with Gasteiger partial charge in [-0.3, -0.25) is 0 Å². The Morgan fingerprint density at radius 3 is 2.68 bits per heavy atom. The molecule has 2 nitrogen and oxygen atoms in total. The number of alkyl halides is 3. The van der Waals surface area contributed by atoms with E-state index in [1.165, 1.54) is 0 Å². The van der Waals surface area contributed by atoms with E-state index in [2.05, 4.69) is 4.98 Å². The van der Waals surface area contributed by atoms with Crippen LogP contribution in [0.5, 0.6) is 0 Å². The SMILES string of the molecule is OC1(c2cnc(C(F)(F)F)s2)CCc2ccccc21. The predicted molar refractivity (Wildman–Crippen MR) is 64.9 cm³/mol. The molecule has 0 fully saturated rings. The topological polar surface area (TPSA) is 33.1 Å². The molecule has 1 aliphatic rings. The van der Waals surface area contributed by atoms with E-state index in [4.69, 9.17) is 0 Å². The number of hydrogen-bond donors (Lipinski definition) is 1. The van der Waals surface area contributed by atoms with Gasteiger partial charge >= 0.3 is 6.18 Å². The van der Waals surface area contributed by atoms with Crippen molar-refractivity contribution < 1.29 is 18.3 Å². The molecular weight excluding hydrogens is 275 g/mol. The van der Waals surface area contributed by atoms with Crippen LogP contribution >= 0.6 is 11.3 Å². The van der Waals surface area contributed by atoms with Crippen molar-refractivity contribution in [3.05, 3.63) is 51.5 Å². The van der Waals surface area contributed by atoms with Crippen molar-refractivity contribution in [2.75, 3.05) is 0 Å². The molecule has 1 aromatic heterocycles. The van der Waals surface area contributed by atoms with E-state index in [1.807, 2.05) is 12.1 Å². The highest BCUT2D eigenvalue weighted by atomic mass is 32.1. The first-order valence-corrected chi connectivity index (χ1v) is 6.57. The Labute approximate surface area is 111 Å². The molecule has 1 aromatic carbocycles. The molecule has 1 atom stereocenters. The zero-order valence-corrected chi connectivity index (χ0v) is 10.6. The lowest BCUT2D eigenvalue weighted by atomic mass is 9.95. The Kier molecular flexibility index (Phi) is 2.69. The maximum atomic E-state index is 12.6. The normalized spacial score (nSPS) is 22.5. The molecule has 3 rings (SSSR count). The fourth-order valence-electron chi connectivity index (χ4n) is 2.44. The molecule has 2 aromatic rings. The number of thiazole rings is 1. The summed E-state index contributed by atoms with van der Waals surface area (Å²) in [5.74, 6) is 0. The van der Waals surface area contributed by atoms with E-state index in [1.54, 1.807) is 12.1 Å². The number of aromatic nitrogens is 1. The van der Waals surface area contributed by atoms with Gasteiger partial charge in [0.05, 0.1) is 4.88 Å². The van der Waals surface area contributed by atoms with Crippen LogP contribution in [0.2, 0.25) is 0 Å². The van der Waals surface area contributed by atoms with Crippen LogP contribution in [0.3, 0.4) is 0 Å². The van der Waals surface area contributed by atoms with Crippen molar-refractivity contribution in [1.29, 1.82) is 0 Å². The van der Waals surface area contributed by atoms with Gasteiger partial charge in [-0.15, -0.1) is 11.3 Å². The van der Waals surface area contributed by atoms with Crippen molar-refractivity contribution in [2.45, 2.75) is 24.6 Å². The molecule has 19 heavy (non-hydrogen) atoms. The van der Waals surface area contributed by atoms with Gasteiger partial charge in [-0.05, 0) is 24.0 Å². The lowest BCUT2D eigenvalue weighted by Gasteiger charge is -2.21. The molecule has 0 saturated heterocycles. The smallest absolute Gasteiger partial charge is 0.379 e. The van der Waals surface area contributed by atoms with Crippen molar-refractivity contribution in [3.63, 3.8) is 0 Å². The van der Waals surface area contributed by atoms with Crippen LogP contribution in [0.4, 0.5) is 13.2 Å². The number of aryl methyl sites for hydroxylation is 1. The Balaban J connectivity index is 2.06. The molecule has 1 N–H and O–H groups in total. The molecule has 0 bridgehead atoms. The van der Waals surface area contributed by atoms with E-state index in [9.17, 15) is 18.3 Å². The molecule has 6 heteroatoms. The van der Waals surface area contributed by atoms with Gasteiger partial charge in [0.25, 0.3) is 0 Å². The van der Waals surface area contributed by atoms with Gasteiger partial charge < -0.3 is 5.11 Å². The second-order valence-corrected chi connectivity index (χ2v) is 5.58. The van der Waals surface area contributed by atoms with Gasteiger partial charge in [0, 0.05) is 6.20 Å². The number of hydrogen-bond acceptors (Lipinski definition) is 3. The summed E-state index contributed by atoms with van der Waals surface area (Å²) in [6, 6.07) is 7.29. The summed E-state index contributed by atoms with van der Waals surface area (Å²) < 4.78 is 37.7. The fraction of sp³-hybridized carbons (Fsp3) is 0.308. The number of fused-ring (bicyclic) bond motifs is 1. The molecule has 1 unspecified atom stereocenters. The number of benzene rings is 1. The maximum absolute atomic E-state index is 12.6. The zero-order valence-electron chi connectivity index (χ0n) is 9.74. The molecular formula is C13H10F3NOS. The van der Waals surface area contributed by atoms with Crippen LogP contribution in [-0.4, -0.2) is 10.1 Å². The first-order valence-electron chi connectivity index (χ1n) is 5.75. The highest BCUT2D eigenvalue weighted by molar-refractivity contribution is 7.11. The first kappa shape index (κ1) is 12.6. The largest absolute Gasteiger partial charge is 0.443 e. The van der Waals surface area contributed by atoms with Crippen LogP contribution < -0.4 is 0 Å². The third-order valence-corrected chi connectivity index (χ3v) is 4.57. The molecule has 100 valence electrons. The van der Waals surface area contributed by atoms with E-state index in [0.717, 1.165) is 11.8 Å². The Morgan fingerprint density at radius 1 is 1.26 bits per heavy atom. The van der Waals surface area contributed by atoms with Crippen LogP contribution in [0.15, 0.2) is 30.5 Å². The van der Waals surface area contributed by atoms with Crippen LogP contribution in [0.1, 0.15) is 27.4 Å². The monoisotopic (exact) mass is 285 g/mol. The Hall–Kier alpha value is -1.40. The summed E-state index contributed by atoms with van der Waals surface area (Å²) in [6.07, 6.45) is -2.27. The van der Waals surface area contributed by atoms with E-state index < -0.39 is 16.8 Å². The van der Waals surface area contributed by atoms with E-state index >= 15 is 0 Å². The van der Waals surface area contributed by atoms with Gasteiger partial charge in [-0.25, -0.2) is 4.98 Å². The van der Waals surface area contributed by atoms with Gasteiger partial charge in [0.2, 0.25) is 0 Å². The van der Waals surface area contributed by atoms with Crippen molar-refractivity contribution in [3.8, 4) is 0 Å². The molecule has 1 heterocycles. The Bertz CT molecular complexity index is 622. The highest BCUT2D eigenvalue weighted by Crippen LogP contribution is 2.45. The standard InChI is InChI=1S/C13H10F3NOS/c14-13(15,16)11-17-7-10(19-11)12(18)6-5-8-3-1-2-4-9(8)12/h1-4,7,18H,5-6H2. The third-order valence-electron chi connectivity index (χ3n) is 3.37. The highest BCUT2D eigenvalue weighted by Gasteiger charge is 2.42. The van der Waals surface area contributed by atoms with E-state index in [-0.39, 0.29) is 4.88 Å². The van der Waals surface area contributed by atoms with E-state index in [0.29, 0.717) is 29.7 Å². The summed E-state index contributed by atoms with van der Waals surface area (Å²) in [7, 11) is 0. The van der Waals surface area contributed by atoms with Gasteiger partial charge in [-0.2, -0.15) is 13.2 Å². The molecule has 0 saturated carbocycles. The Morgan fingerprint density at radius 2 is 2.00 bits per heavy atom. The summed E-state index contributed by atoms with van der Waals surface area (Å²) >= 11 is 0.513. The average Bonchev–Trinajstić information content (AvgIpc) is 2.96. The summed E-state index contributed by atoms with van der Waals surface area (Å²) in [5, 5.41) is 9.78. The van der Waals surface area contributed by atoms with Crippen molar-refractivity contribution in [1.82, 2.24) is 4.98 Å². The lowest BCUT2D eigenvalue weighted by Crippen LogP contribution is -2.22. The molecule has 0 amide bonds. The number of aliphatic hydroxyl groups is 1. The van der Waals surface area contributed by atoms with Crippen molar-refractivity contribution >= 4 is 11.3 Å². The summed E-state index contributed by atoms with van der Waals surface area (Å²) in [5.41, 5.74) is 0.330. The third kappa shape index (κ3) is 1.95. The zero-order chi connectivity index (χ0) is 13.7. The summed E-state index contributed by atoms with van der Waals surface area (Å²) in [6.45, 7) is 0. The maximum Gasteiger partial charge on any atom is 0.443 e. The van der Waals surface area contributed by atoms with Crippen LogP contribution in [-0.2, 0) is 18.2 Å². The first-order chi connectivity index (χ1) is 8.91. The second kappa shape index (κ2) is 4.05.